The molecule has 0 saturated heterocycles. The Bertz CT molecular complexity index is 1320. The van der Waals surface area contributed by atoms with Crippen LogP contribution in [0.4, 0.5) is 13.2 Å². The first-order valence-corrected chi connectivity index (χ1v) is 12.7. The van der Waals surface area contributed by atoms with Crippen LogP contribution in [0.15, 0.2) is 70.2 Å². The standard InChI is InChI=1S/C29H27F3N2O4/c1-16(19-12-13-21(22(30)14-19)18-7-3-2-4-8-18)29(36)38-28-24-20(9-5-6-17-10-11-17)15-23(35)37-27(24)33-26(34-28)25(31)32/h2-4,7-8,12-17,24-25,27H,5-6,9-11H2,1H3. The Hall–Kier alpha value is -3.75. The molecule has 0 N–H and O–H groups in total. The number of amidine groups is 1. The first-order chi connectivity index (χ1) is 18.3. The van der Waals surface area contributed by atoms with E-state index in [2.05, 4.69) is 9.98 Å². The summed E-state index contributed by atoms with van der Waals surface area (Å²) in [6, 6.07) is 13.5. The van der Waals surface area contributed by atoms with Crippen molar-refractivity contribution >= 4 is 23.7 Å². The number of hydrogen-bond acceptors (Lipinski definition) is 6. The summed E-state index contributed by atoms with van der Waals surface area (Å²) in [6.07, 6.45) is 1.63. The second-order valence-electron chi connectivity index (χ2n) is 9.85. The summed E-state index contributed by atoms with van der Waals surface area (Å²) in [5.74, 6) is -4.25. The van der Waals surface area contributed by atoms with Crippen molar-refractivity contribution in [1.29, 1.82) is 0 Å². The second-order valence-corrected chi connectivity index (χ2v) is 9.85. The zero-order valence-electron chi connectivity index (χ0n) is 20.8. The molecular weight excluding hydrogens is 497 g/mol. The van der Waals surface area contributed by atoms with Gasteiger partial charge in [0.25, 0.3) is 6.43 Å². The molecule has 198 valence electrons. The van der Waals surface area contributed by atoms with Gasteiger partial charge in [0.05, 0.1) is 5.92 Å². The van der Waals surface area contributed by atoms with E-state index < -0.39 is 48.1 Å². The number of carbonyl (C=O) groups excluding carboxylic acids is 2. The number of aliphatic imine (C=N–C) groups is 2. The van der Waals surface area contributed by atoms with Crippen LogP contribution in [0.3, 0.4) is 0 Å². The van der Waals surface area contributed by atoms with E-state index in [1.54, 1.807) is 36.4 Å². The van der Waals surface area contributed by atoms with Crippen molar-refractivity contribution in [3.05, 3.63) is 71.6 Å². The molecule has 0 aromatic heterocycles. The molecule has 5 rings (SSSR count). The van der Waals surface area contributed by atoms with Gasteiger partial charge in [-0.25, -0.2) is 23.0 Å². The Labute approximate surface area is 218 Å². The van der Waals surface area contributed by atoms with Gasteiger partial charge in [0, 0.05) is 11.6 Å². The largest absolute Gasteiger partial charge is 0.435 e. The minimum Gasteiger partial charge on any atom is -0.435 e. The van der Waals surface area contributed by atoms with Crippen molar-refractivity contribution in [3.8, 4) is 11.1 Å². The van der Waals surface area contributed by atoms with Crippen LogP contribution >= 0.6 is 0 Å². The number of carbonyl (C=O) groups is 2. The van der Waals surface area contributed by atoms with E-state index in [4.69, 9.17) is 9.47 Å². The van der Waals surface area contributed by atoms with E-state index in [1.165, 1.54) is 31.9 Å². The monoisotopic (exact) mass is 524 g/mol. The second kappa shape index (κ2) is 10.9. The maximum absolute atomic E-state index is 14.9. The Morgan fingerprint density at radius 2 is 1.92 bits per heavy atom. The van der Waals surface area contributed by atoms with Gasteiger partial charge in [0.2, 0.25) is 12.1 Å². The zero-order valence-corrected chi connectivity index (χ0v) is 20.8. The van der Waals surface area contributed by atoms with Crippen molar-refractivity contribution in [3.63, 3.8) is 0 Å². The number of rotatable bonds is 8. The fourth-order valence-electron chi connectivity index (χ4n) is 4.77. The maximum atomic E-state index is 14.9. The lowest BCUT2D eigenvalue weighted by atomic mass is 9.89. The van der Waals surface area contributed by atoms with Crippen LogP contribution in [-0.2, 0) is 19.1 Å². The van der Waals surface area contributed by atoms with Crippen molar-refractivity contribution in [1.82, 2.24) is 0 Å². The Morgan fingerprint density at radius 3 is 2.61 bits per heavy atom. The topological polar surface area (TPSA) is 77.3 Å². The van der Waals surface area contributed by atoms with E-state index in [-0.39, 0.29) is 5.90 Å². The van der Waals surface area contributed by atoms with E-state index >= 15 is 0 Å². The number of ether oxygens (including phenoxy) is 2. The van der Waals surface area contributed by atoms with Crippen molar-refractivity contribution in [2.45, 2.75) is 57.6 Å². The molecule has 0 radical (unpaired) electrons. The third-order valence-corrected chi connectivity index (χ3v) is 7.08. The zero-order chi connectivity index (χ0) is 26.8. The molecule has 9 heteroatoms. The quantitative estimate of drug-likeness (QED) is 0.384. The molecule has 1 saturated carbocycles. The third kappa shape index (κ3) is 5.71. The van der Waals surface area contributed by atoms with E-state index in [0.717, 1.165) is 12.8 Å². The Balaban J connectivity index is 1.36. The molecule has 2 aromatic carbocycles. The molecule has 2 aliphatic heterocycles. The van der Waals surface area contributed by atoms with Gasteiger partial charge in [-0.3, -0.25) is 4.79 Å². The molecule has 0 amide bonds. The molecule has 0 bridgehead atoms. The predicted octanol–water partition coefficient (Wildman–Crippen LogP) is 6.22. The van der Waals surface area contributed by atoms with E-state index in [0.29, 0.717) is 34.6 Å². The average Bonchev–Trinajstić information content (AvgIpc) is 3.72. The maximum Gasteiger partial charge on any atom is 0.332 e. The van der Waals surface area contributed by atoms with Gasteiger partial charge in [0.1, 0.15) is 11.7 Å². The summed E-state index contributed by atoms with van der Waals surface area (Å²) in [6.45, 7) is 1.54. The first-order valence-electron chi connectivity index (χ1n) is 12.7. The number of esters is 2. The minimum atomic E-state index is -3.05. The summed E-state index contributed by atoms with van der Waals surface area (Å²) in [7, 11) is 0. The summed E-state index contributed by atoms with van der Waals surface area (Å²) in [5, 5.41) is 0. The number of benzene rings is 2. The van der Waals surface area contributed by atoms with Crippen LogP contribution in [0.25, 0.3) is 11.1 Å². The van der Waals surface area contributed by atoms with Crippen molar-refractivity contribution in [2.24, 2.45) is 21.8 Å². The van der Waals surface area contributed by atoms with Crippen LogP contribution in [0.2, 0.25) is 0 Å². The molecule has 3 atom stereocenters. The van der Waals surface area contributed by atoms with Crippen molar-refractivity contribution < 1.29 is 32.2 Å². The SMILES string of the molecule is CC(C(=O)OC1=NC(C(F)F)=NC2OC(=O)C=C(CCCC3CC3)C12)c1ccc(-c2ccccc2)c(F)c1. The molecule has 1 fully saturated rings. The Morgan fingerprint density at radius 1 is 1.16 bits per heavy atom. The molecular formula is C29H27F3N2O4. The first kappa shape index (κ1) is 25.9. The molecule has 2 heterocycles. The normalized spacial score (nSPS) is 21.6. The van der Waals surface area contributed by atoms with E-state index in [1.807, 2.05) is 6.07 Å². The van der Waals surface area contributed by atoms with Gasteiger partial charge in [-0.15, -0.1) is 0 Å². The van der Waals surface area contributed by atoms with Crippen LogP contribution < -0.4 is 0 Å². The fourth-order valence-corrected chi connectivity index (χ4v) is 4.77. The van der Waals surface area contributed by atoms with Crippen molar-refractivity contribution in [2.75, 3.05) is 0 Å². The lowest BCUT2D eigenvalue weighted by molar-refractivity contribution is -0.145. The predicted molar refractivity (Wildman–Crippen MR) is 135 cm³/mol. The molecule has 1 aliphatic carbocycles. The average molecular weight is 525 g/mol. The molecule has 6 nitrogen and oxygen atoms in total. The van der Waals surface area contributed by atoms with Gasteiger partial charge in [-0.2, -0.15) is 4.99 Å². The lowest BCUT2D eigenvalue weighted by Gasteiger charge is -2.33. The number of nitrogens with zero attached hydrogens (tertiary/aromatic N) is 2. The number of alkyl halides is 2. The van der Waals surface area contributed by atoms with E-state index in [9.17, 15) is 22.8 Å². The smallest absolute Gasteiger partial charge is 0.332 e. The van der Waals surface area contributed by atoms with Gasteiger partial charge >= 0.3 is 11.9 Å². The van der Waals surface area contributed by atoms with Crippen LogP contribution in [-0.4, -0.2) is 36.3 Å². The molecule has 3 unspecified atom stereocenters. The summed E-state index contributed by atoms with van der Waals surface area (Å²) in [5.41, 5.74) is 2.03. The van der Waals surface area contributed by atoms with Crippen LogP contribution in [0.1, 0.15) is 50.5 Å². The number of fused-ring (bicyclic) bond motifs is 1. The van der Waals surface area contributed by atoms with Crippen LogP contribution in [0.5, 0.6) is 0 Å². The summed E-state index contributed by atoms with van der Waals surface area (Å²) >= 11 is 0. The highest BCUT2D eigenvalue weighted by Crippen LogP contribution is 2.38. The third-order valence-electron chi connectivity index (χ3n) is 7.08. The number of halogens is 3. The Kier molecular flexibility index (Phi) is 7.44. The summed E-state index contributed by atoms with van der Waals surface area (Å²) < 4.78 is 52.8. The van der Waals surface area contributed by atoms with Gasteiger partial charge < -0.3 is 9.47 Å². The molecule has 38 heavy (non-hydrogen) atoms. The highest BCUT2D eigenvalue weighted by atomic mass is 19.3. The highest BCUT2D eigenvalue weighted by Gasteiger charge is 2.43. The fraction of sp³-hybridized carbons (Fsp3) is 0.379. The highest BCUT2D eigenvalue weighted by molar-refractivity contribution is 6.05. The lowest BCUT2D eigenvalue weighted by Crippen LogP contribution is -2.42. The summed E-state index contributed by atoms with van der Waals surface area (Å²) in [4.78, 5) is 33.0. The minimum absolute atomic E-state index is 0.288. The van der Waals surface area contributed by atoms with Gasteiger partial charge in [0.15, 0.2) is 5.84 Å². The van der Waals surface area contributed by atoms with Gasteiger partial charge in [-0.05, 0) is 48.4 Å². The molecule has 2 aromatic rings. The molecule has 3 aliphatic rings. The van der Waals surface area contributed by atoms with Crippen LogP contribution in [0, 0.1) is 17.7 Å². The van der Waals surface area contributed by atoms with Gasteiger partial charge in [-0.1, -0.05) is 61.7 Å². The number of hydrogen-bond donors (Lipinski definition) is 0. The molecule has 0 spiro atoms.